The third-order valence-electron chi connectivity index (χ3n) is 6.60. The van der Waals surface area contributed by atoms with E-state index in [0.29, 0.717) is 19.4 Å². The van der Waals surface area contributed by atoms with Gasteiger partial charge >= 0.3 is 12.1 Å². The number of allylic oxidation sites excluding steroid dienone is 1. The van der Waals surface area contributed by atoms with Crippen molar-refractivity contribution in [1.29, 1.82) is 0 Å². The fourth-order valence-electron chi connectivity index (χ4n) is 4.79. The average molecular weight is 479 g/mol. The standard InChI is InChI=1S/C27H30N2O6/c1-2-3-12-23(26(31)32)29-25(30)24-17(13-14-34-24)15-28-27(33)35-16-22-20-10-6-4-8-18(20)19-9-5-7-11-21(19)22/h2,4-11,17,22-24H,1,3,12-16H2,(H,28,33)(H,29,30)(H,31,32)/t17-,23?,24-/m0/s1. The van der Waals surface area contributed by atoms with Crippen LogP contribution < -0.4 is 10.6 Å². The van der Waals surface area contributed by atoms with E-state index in [4.69, 9.17) is 9.47 Å². The molecule has 1 fully saturated rings. The minimum atomic E-state index is -1.11. The lowest BCUT2D eigenvalue weighted by Gasteiger charge is -2.21. The Kier molecular flexibility index (Phi) is 7.82. The molecular weight excluding hydrogens is 448 g/mol. The molecule has 0 saturated carbocycles. The van der Waals surface area contributed by atoms with E-state index in [2.05, 4.69) is 41.5 Å². The van der Waals surface area contributed by atoms with E-state index in [0.717, 1.165) is 22.3 Å². The lowest BCUT2D eigenvalue weighted by molar-refractivity contribution is -0.144. The van der Waals surface area contributed by atoms with E-state index in [1.54, 1.807) is 6.08 Å². The van der Waals surface area contributed by atoms with E-state index in [9.17, 15) is 19.5 Å². The van der Waals surface area contributed by atoms with Crippen LogP contribution >= 0.6 is 0 Å². The smallest absolute Gasteiger partial charge is 0.407 e. The molecule has 2 aliphatic rings. The predicted octanol–water partition coefficient (Wildman–Crippen LogP) is 3.47. The highest BCUT2D eigenvalue weighted by atomic mass is 16.5. The van der Waals surface area contributed by atoms with Gasteiger partial charge in [-0.25, -0.2) is 9.59 Å². The number of carbonyl (C=O) groups excluding carboxylic acids is 2. The van der Waals surface area contributed by atoms with Crippen LogP contribution in [0, 0.1) is 5.92 Å². The molecule has 3 atom stereocenters. The highest BCUT2D eigenvalue weighted by Gasteiger charge is 2.36. The molecule has 2 amide bonds. The molecule has 0 aromatic heterocycles. The van der Waals surface area contributed by atoms with Crippen LogP contribution in [-0.4, -0.2) is 55.0 Å². The maximum atomic E-state index is 12.6. The number of aliphatic carboxylic acids is 1. The Morgan fingerprint density at radius 2 is 1.77 bits per heavy atom. The van der Waals surface area contributed by atoms with Crippen LogP contribution in [0.25, 0.3) is 11.1 Å². The Bertz CT molecular complexity index is 1060. The van der Waals surface area contributed by atoms with Crippen LogP contribution in [0.5, 0.6) is 0 Å². The molecule has 4 rings (SSSR count). The quantitative estimate of drug-likeness (QED) is 0.451. The molecule has 1 heterocycles. The number of fused-ring (bicyclic) bond motifs is 3. The Balaban J connectivity index is 1.30. The summed E-state index contributed by atoms with van der Waals surface area (Å²) in [7, 11) is 0. The number of hydrogen-bond donors (Lipinski definition) is 3. The van der Waals surface area contributed by atoms with Gasteiger partial charge in [-0.15, -0.1) is 6.58 Å². The van der Waals surface area contributed by atoms with Crippen molar-refractivity contribution in [1.82, 2.24) is 10.6 Å². The van der Waals surface area contributed by atoms with Crippen molar-refractivity contribution in [2.24, 2.45) is 5.92 Å². The summed E-state index contributed by atoms with van der Waals surface area (Å²) >= 11 is 0. The summed E-state index contributed by atoms with van der Waals surface area (Å²) in [5, 5.41) is 14.6. The topological polar surface area (TPSA) is 114 Å². The fraction of sp³-hybridized carbons (Fsp3) is 0.370. The second-order valence-corrected chi connectivity index (χ2v) is 8.81. The number of benzene rings is 2. The van der Waals surface area contributed by atoms with E-state index >= 15 is 0 Å². The monoisotopic (exact) mass is 478 g/mol. The summed E-state index contributed by atoms with van der Waals surface area (Å²) in [5.74, 6) is -1.90. The Morgan fingerprint density at radius 3 is 2.40 bits per heavy atom. The van der Waals surface area contributed by atoms with Gasteiger partial charge in [-0.05, 0) is 41.5 Å². The number of nitrogens with one attached hydrogen (secondary N) is 2. The van der Waals surface area contributed by atoms with E-state index in [-0.39, 0.29) is 31.4 Å². The van der Waals surface area contributed by atoms with Gasteiger partial charge in [0.1, 0.15) is 18.8 Å². The van der Waals surface area contributed by atoms with Crippen LogP contribution in [0.1, 0.15) is 36.3 Å². The lowest BCUT2D eigenvalue weighted by atomic mass is 9.98. The number of rotatable bonds is 10. The van der Waals surface area contributed by atoms with Gasteiger partial charge in [-0.3, -0.25) is 4.79 Å². The van der Waals surface area contributed by atoms with E-state index in [1.807, 2.05) is 24.3 Å². The van der Waals surface area contributed by atoms with Crippen molar-refractivity contribution in [3.63, 3.8) is 0 Å². The van der Waals surface area contributed by atoms with Crippen LogP contribution in [0.3, 0.4) is 0 Å². The summed E-state index contributed by atoms with van der Waals surface area (Å²) in [5.41, 5.74) is 4.57. The zero-order valence-electron chi connectivity index (χ0n) is 19.4. The maximum Gasteiger partial charge on any atom is 0.407 e. The van der Waals surface area contributed by atoms with Gasteiger partial charge < -0.3 is 25.2 Å². The molecule has 8 heteroatoms. The number of carboxylic acid groups (broad SMARTS) is 1. The molecule has 1 aliphatic heterocycles. The van der Waals surface area contributed by atoms with Crippen LogP contribution in [-0.2, 0) is 19.1 Å². The van der Waals surface area contributed by atoms with Gasteiger partial charge in [-0.2, -0.15) is 0 Å². The minimum absolute atomic E-state index is 0.0370. The van der Waals surface area contributed by atoms with Gasteiger partial charge in [0.05, 0.1) is 0 Å². The van der Waals surface area contributed by atoms with Crippen LogP contribution in [0.2, 0.25) is 0 Å². The Morgan fingerprint density at radius 1 is 1.11 bits per heavy atom. The summed E-state index contributed by atoms with van der Waals surface area (Å²) in [6.07, 6.45) is 1.51. The zero-order valence-corrected chi connectivity index (χ0v) is 19.4. The molecule has 2 aromatic rings. The second-order valence-electron chi connectivity index (χ2n) is 8.81. The minimum Gasteiger partial charge on any atom is -0.480 e. The normalized spacial score (nSPS) is 19.3. The second kappa shape index (κ2) is 11.2. The first-order chi connectivity index (χ1) is 17.0. The summed E-state index contributed by atoms with van der Waals surface area (Å²) in [4.78, 5) is 36.5. The molecule has 184 valence electrons. The first-order valence-electron chi connectivity index (χ1n) is 11.8. The fourth-order valence-corrected chi connectivity index (χ4v) is 4.79. The first-order valence-corrected chi connectivity index (χ1v) is 11.8. The maximum absolute atomic E-state index is 12.6. The van der Waals surface area contributed by atoms with Crippen molar-refractivity contribution >= 4 is 18.0 Å². The molecule has 1 saturated heterocycles. The first kappa shape index (κ1) is 24.5. The number of ether oxygens (including phenoxy) is 2. The summed E-state index contributed by atoms with van der Waals surface area (Å²) < 4.78 is 11.1. The molecule has 0 radical (unpaired) electrons. The highest BCUT2D eigenvalue weighted by Crippen LogP contribution is 2.44. The van der Waals surface area contributed by atoms with Crippen LogP contribution in [0.4, 0.5) is 4.79 Å². The molecular formula is C27H30N2O6. The molecule has 8 nitrogen and oxygen atoms in total. The number of hydrogen-bond acceptors (Lipinski definition) is 5. The van der Waals surface area contributed by atoms with Crippen molar-refractivity contribution in [3.05, 3.63) is 72.3 Å². The van der Waals surface area contributed by atoms with Crippen molar-refractivity contribution < 1.29 is 29.0 Å². The predicted molar refractivity (Wildman–Crippen MR) is 130 cm³/mol. The Labute approximate surface area is 204 Å². The van der Waals surface area contributed by atoms with E-state index in [1.165, 1.54) is 0 Å². The molecule has 1 unspecified atom stereocenters. The number of carbonyl (C=O) groups is 3. The van der Waals surface area contributed by atoms with Gasteiger partial charge in [0, 0.05) is 25.0 Å². The summed E-state index contributed by atoms with van der Waals surface area (Å²) in [6.45, 7) is 4.34. The van der Waals surface area contributed by atoms with Crippen molar-refractivity contribution in [3.8, 4) is 11.1 Å². The average Bonchev–Trinajstić information content (AvgIpc) is 3.46. The number of alkyl carbamates (subject to hydrolysis) is 1. The Hall–Kier alpha value is -3.65. The molecule has 0 spiro atoms. The SMILES string of the molecule is C=CCCC(NC(=O)[C@H]1OCC[C@H]1CNC(=O)OCC1c2ccccc2-c2ccccc21)C(=O)O. The van der Waals surface area contributed by atoms with Crippen molar-refractivity contribution in [2.75, 3.05) is 19.8 Å². The van der Waals surface area contributed by atoms with Crippen molar-refractivity contribution in [2.45, 2.75) is 37.3 Å². The van der Waals surface area contributed by atoms with Gasteiger partial charge in [-0.1, -0.05) is 54.6 Å². The number of carboxylic acids is 1. The summed E-state index contributed by atoms with van der Waals surface area (Å²) in [6, 6.07) is 15.2. The lowest BCUT2D eigenvalue weighted by Crippen LogP contribution is -2.48. The van der Waals surface area contributed by atoms with Gasteiger partial charge in [0.25, 0.3) is 0 Å². The largest absolute Gasteiger partial charge is 0.480 e. The molecule has 35 heavy (non-hydrogen) atoms. The molecule has 3 N–H and O–H groups in total. The molecule has 0 bridgehead atoms. The van der Waals surface area contributed by atoms with E-state index < -0.39 is 30.1 Å². The van der Waals surface area contributed by atoms with Gasteiger partial charge in [0.15, 0.2) is 0 Å². The molecule has 2 aromatic carbocycles. The third kappa shape index (κ3) is 5.54. The zero-order chi connectivity index (χ0) is 24.8. The van der Waals surface area contributed by atoms with Gasteiger partial charge in [0.2, 0.25) is 5.91 Å². The number of amides is 2. The third-order valence-corrected chi connectivity index (χ3v) is 6.60. The molecule has 1 aliphatic carbocycles. The van der Waals surface area contributed by atoms with Crippen LogP contribution in [0.15, 0.2) is 61.2 Å². The highest BCUT2D eigenvalue weighted by molar-refractivity contribution is 5.86.